The molecule has 3 nitrogen and oxygen atoms in total. The van der Waals surface area contributed by atoms with Crippen LogP contribution in [0.25, 0.3) is 0 Å². The van der Waals surface area contributed by atoms with Crippen molar-refractivity contribution < 1.29 is 31.4 Å². The summed E-state index contributed by atoms with van der Waals surface area (Å²) in [6, 6.07) is 0. The first-order valence-corrected chi connectivity index (χ1v) is 3.20. The van der Waals surface area contributed by atoms with Crippen molar-refractivity contribution in [3.8, 4) is 0 Å². The molecule has 6 heavy (non-hydrogen) atoms. The van der Waals surface area contributed by atoms with Crippen molar-refractivity contribution in [3.05, 3.63) is 0 Å². The smallest absolute Gasteiger partial charge is 0.396 e. The fourth-order valence-electron chi connectivity index (χ4n) is 0. The van der Waals surface area contributed by atoms with Crippen LogP contribution in [0.15, 0.2) is 0 Å². The van der Waals surface area contributed by atoms with Crippen LogP contribution in [0.2, 0.25) is 0 Å². The second-order valence-corrected chi connectivity index (χ2v) is 1.35. The van der Waals surface area contributed by atoms with Gasteiger partial charge in [0.05, 0.1) is 0 Å². The Morgan fingerprint density at radius 1 is 1.17 bits per heavy atom. The van der Waals surface area contributed by atoms with E-state index in [0.29, 0.717) is 0 Å². The zero-order valence-electron chi connectivity index (χ0n) is 2.46. The van der Waals surface area contributed by atoms with Crippen molar-refractivity contribution in [1.29, 1.82) is 0 Å². The van der Waals surface area contributed by atoms with E-state index >= 15 is 0 Å². The quantitative estimate of drug-likeness (QED) is 0.392. The highest BCUT2D eigenvalue weighted by atomic mass is 127. The lowest BCUT2D eigenvalue weighted by molar-refractivity contribution is -1.63. The highest BCUT2D eigenvalue weighted by Crippen LogP contribution is 0.887. The molecule has 1 N–H and O–H groups in total. The van der Waals surface area contributed by atoms with E-state index in [4.69, 9.17) is 10.3 Å². The van der Waals surface area contributed by atoms with Crippen molar-refractivity contribution >= 4 is 48.0 Å². The van der Waals surface area contributed by atoms with Gasteiger partial charge in [-0.25, -0.2) is 0 Å². The van der Waals surface area contributed by atoms with Crippen LogP contribution in [0.3, 0.4) is 0 Å². The van der Waals surface area contributed by atoms with Gasteiger partial charge in [-0.1, -0.05) is 0 Å². The molecular weight excluding hydrogens is 429 g/mol. The Labute approximate surface area is 78.2 Å². The Kier molecular flexibility index (Phi) is 26.5. The van der Waals surface area contributed by atoms with Crippen molar-refractivity contribution in [2.45, 2.75) is 0 Å². The van der Waals surface area contributed by atoms with E-state index in [-0.39, 0.29) is 48.0 Å². The molecule has 0 fully saturated rings. The molecule has 0 aromatic carbocycles. The molecular formula is H3I3O3. The molecule has 0 spiro atoms. The molecule has 0 aliphatic heterocycles. The maximum absolute atomic E-state index is 8.68. The average Bonchev–Trinajstić information content (AvgIpc) is 0.811. The number of halogens is 3. The first kappa shape index (κ1) is 15.7. The molecule has 0 aromatic heterocycles. The summed E-state index contributed by atoms with van der Waals surface area (Å²) in [5.41, 5.74) is 0. The van der Waals surface area contributed by atoms with Crippen LogP contribution in [0, 0.1) is 0 Å². The monoisotopic (exact) mass is 432 g/mol. The summed E-state index contributed by atoms with van der Waals surface area (Å²) in [5, 5.41) is 0. The molecule has 0 unspecified atom stereocenters. The van der Waals surface area contributed by atoms with Gasteiger partial charge < -0.3 is 6.87 Å². The zero-order valence-corrected chi connectivity index (χ0v) is 9.28. The van der Waals surface area contributed by atoms with Crippen LogP contribution in [0.4, 0.5) is 0 Å². The van der Waals surface area contributed by atoms with E-state index in [2.05, 4.69) is 0 Å². The summed E-state index contributed by atoms with van der Waals surface area (Å²) in [5.74, 6) is 0. The van der Waals surface area contributed by atoms with Crippen LogP contribution in [-0.2, 0) is 0 Å². The molecule has 0 atom stereocenters. The Bertz CT molecular complexity index is 10.8. The third-order valence-electron chi connectivity index (χ3n) is 0. The SMILES string of the molecule is I.I.[O-][I+2]([O-])O. The highest BCUT2D eigenvalue weighted by Gasteiger charge is 1.89. The molecule has 0 aliphatic carbocycles. The Morgan fingerprint density at radius 3 is 1.17 bits per heavy atom. The van der Waals surface area contributed by atoms with Crippen molar-refractivity contribution in [3.63, 3.8) is 0 Å². The Balaban J connectivity index is -0.0000000450. The van der Waals surface area contributed by atoms with Crippen LogP contribution < -0.4 is 27.9 Å². The number of rotatable bonds is 0. The van der Waals surface area contributed by atoms with E-state index in [1.807, 2.05) is 0 Å². The lowest BCUT2D eigenvalue weighted by atomic mass is 16.0. The van der Waals surface area contributed by atoms with Gasteiger partial charge in [0, 0.05) is 0 Å². The summed E-state index contributed by atoms with van der Waals surface area (Å²) in [6.45, 7) is 0. The van der Waals surface area contributed by atoms with Crippen molar-refractivity contribution in [2.24, 2.45) is 0 Å². The van der Waals surface area contributed by atoms with Crippen LogP contribution >= 0.6 is 48.0 Å². The summed E-state index contributed by atoms with van der Waals surface area (Å²) in [7, 11) is 0. The molecule has 0 saturated heterocycles. The Hall–Kier alpha value is 2.07. The molecule has 0 heterocycles. The van der Waals surface area contributed by atoms with E-state index in [0.717, 1.165) is 0 Å². The van der Waals surface area contributed by atoms with Gasteiger partial charge in [0.15, 0.2) is 0 Å². The molecule has 0 radical (unpaired) electrons. The van der Waals surface area contributed by atoms with E-state index in [1.165, 1.54) is 0 Å². The topological polar surface area (TPSA) is 66.3 Å². The third kappa shape index (κ3) is 36.4. The largest absolute Gasteiger partial charge is 0.503 e. The summed E-state index contributed by atoms with van der Waals surface area (Å²) in [6.07, 6.45) is 0. The molecule has 0 saturated carbocycles. The molecule has 0 amide bonds. The lowest BCUT2D eigenvalue weighted by Gasteiger charge is -1.67. The van der Waals surface area contributed by atoms with Crippen molar-refractivity contribution in [1.82, 2.24) is 0 Å². The molecule has 0 rings (SSSR count). The maximum atomic E-state index is 8.68. The van der Waals surface area contributed by atoms with E-state index in [1.54, 1.807) is 0 Å². The first-order chi connectivity index (χ1) is 1.73. The second kappa shape index (κ2) is 10.1. The lowest BCUT2D eigenvalue weighted by Crippen LogP contribution is -3.98. The highest BCUT2D eigenvalue weighted by molar-refractivity contribution is 14.0. The minimum atomic E-state index is -3.76. The molecule has 6 heteroatoms. The van der Waals surface area contributed by atoms with Gasteiger partial charge in [-0.15, -0.1) is 48.0 Å². The zero-order chi connectivity index (χ0) is 3.58. The van der Waals surface area contributed by atoms with Gasteiger partial charge in [0.25, 0.3) is 0 Å². The maximum Gasteiger partial charge on any atom is 0.503 e. The van der Waals surface area contributed by atoms with Gasteiger partial charge in [-0.05, 0) is 3.44 Å². The summed E-state index contributed by atoms with van der Waals surface area (Å²) in [4.78, 5) is 0. The second-order valence-electron chi connectivity index (χ2n) is 0.201. The summed E-state index contributed by atoms with van der Waals surface area (Å²) >= 11 is -3.76. The molecule has 0 bridgehead atoms. The fourth-order valence-corrected chi connectivity index (χ4v) is 0. The predicted octanol–water partition coefficient (Wildman–Crippen LogP) is -4.69. The van der Waals surface area contributed by atoms with Crippen LogP contribution in [-0.4, -0.2) is 3.44 Å². The molecule has 0 aliphatic rings. The minimum absolute atomic E-state index is 0. The fraction of sp³-hybridized carbons (Fsp3) is 0. The third-order valence-corrected chi connectivity index (χ3v) is 0. The van der Waals surface area contributed by atoms with Crippen molar-refractivity contribution in [2.75, 3.05) is 0 Å². The normalized spacial score (nSPS) is 6.00. The average molecular weight is 432 g/mol. The van der Waals surface area contributed by atoms with E-state index < -0.39 is 21.1 Å². The van der Waals surface area contributed by atoms with Gasteiger partial charge in [0.2, 0.25) is 0 Å². The standard InChI is InChI=1S/HIO3.2HI/c2-1(3)4;;/h2H;2*1H. The number of hydrogen-bond acceptors (Lipinski definition) is 3. The Morgan fingerprint density at radius 2 is 1.17 bits per heavy atom. The van der Waals surface area contributed by atoms with Gasteiger partial charge in [-0.3, -0.25) is 0 Å². The van der Waals surface area contributed by atoms with E-state index in [9.17, 15) is 0 Å². The molecule has 42 valence electrons. The van der Waals surface area contributed by atoms with Crippen LogP contribution in [0.1, 0.15) is 0 Å². The molecule has 0 aromatic rings. The van der Waals surface area contributed by atoms with Gasteiger partial charge in [0.1, 0.15) is 0 Å². The predicted molar refractivity (Wildman–Crippen MR) is 33.0 cm³/mol. The van der Waals surface area contributed by atoms with Crippen LogP contribution in [0.5, 0.6) is 0 Å². The number of hydrogen-bond donors (Lipinski definition) is 1. The van der Waals surface area contributed by atoms with Gasteiger partial charge >= 0.3 is 21.1 Å². The minimum Gasteiger partial charge on any atom is -0.396 e. The van der Waals surface area contributed by atoms with Gasteiger partial charge in [-0.2, -0.15) is 0 Å². The first-order valence-electron chi connectivity index (χ1n) is 0.478. The summed E-state index contributed by atoms with van der Waals surface area (Å²) < 4.78 is 24.5.